The zero-order valence-electron chi connectivity index (χ0n) is 15.4. The Hall–Kier alpha value is -3.74. The molecule has 0 radical (unpaired) electrons. The summed E-state index contributed by atoms with van der Waals surface area (Å²) in [6.45, 7) is 0. The van der Waals surface area contributed by atoms with Crippen LogP contribution in [-0.2, 0) is 4.79 Å². The number of nitrogens with two attached hydrogens (primary N) is 2. The molecular weight excluding hydrogens is 356 g/mol. The minimum atomic E-state index is -1.25. The van der Waals surface area contributed by atoms with Gasteiger partial charge in [-0.15, -0.1) is 0 Å². The van der Waals surface area contributed by atoms with Gasteiger partial charge in [-0.3, -0.25) is 9.59 Å². The molecule has 0 aliphatic heterocycles. The summed E-state index contributed by atoms with van der Waals surface area (Å²) in [5.41, 5.74) is 12.1. The Kier molecular flexibility index (Phi) is 5.35. The van der Waals surface area contributed by atoms with Crippen molar-refractivity contribution in [3.05, 3.63) is 72.3 Å². The Labute approximate surface area is 163 Å². The molecule has 1 unspecified atom stereocenters. The Bertz CT molecular complexity index is 968. The van der Waals surface area contributed by atoms with Gasteiger partial charge in [-0.25, -0.2) is 0 Å². The van der Waals surface area contributed by atoms with Crippen LogP contribution in [0.4, 0.5) is 17.1 Å². The quantitative estimate of drug-likeness (QED) is 0.596. The van der Waals surface area contributed by atoms with Crippen molar-refractivity contribution in [1.29, 1.82) is 0 Å². The molecule has 6 N–H and O–H groups in total. The second-order valence-electron chi connectivity index (χ2n) is 6.46. The van der Waals surface area contributed by atoms with Gasteiger partial charge >= 0.3 is 0 Å². The van der Waals surface area contributed by atoms with Gasteiger partial charge in [0.1, 0.15) is 11.3 Å². The smallest absolute Gasteiger partial charge is 0.254 e. The van der Waals surface area contributed by atoms with Gasteiger partial charge in [0.2, 0.25) is 0 Å². The number of ether oxygens (including phenoxy) is 1. The maximum Gasteiger partial charge on any atom is 0.254 e. The number of anilines is 3. The van der Waals surface area contributed by atoms with Gasteiger partial charge < -0.3 is 26.8 Å². The summed E-state index contributed by atoms with van der Waals surface area (Å²) in [7, 11) is 1.49. The number of hydrogen-bond acceptors (Lipinski definition) is 5. The highest BCUT2D eigenvalue weighted by Crippen LogP contribution is 2.29. The first-order valence-electron chi connectivity index (χ1n) is 8.71. The molecule has 0 heterocycles. The summed E-state index contributed by atoms with van der Waals surface area (Å²) >= 11 is 0. The average molecular weight is 378 g/mol. The lowest BCUT2D eigenvalue weighted by Gasteiger charge is -2.31. The minimum Gasteiger partial charge on any atom is -0.494 e. The van der Waals surface area contributed by atoms with Crippen LogP contribution in [0.2, 0.25) is 0 Å². The molecule has 0 spiro atoms. The topological polar surface area (TPSA) is 119 Å². The van der Waals surface area contributed by atoms with Crippen LogP contribution >= 0.6 is 0 Å². The number of rotatable bonds is 5. The normalized spacial score (nSPS) is 17.8. The highest BCUT2D eigenvalue weighted by atomic mass is 16.5. The van der Waals surface area contributed by atoms with Crippen molar-refractivity contribution >= 4 is 28.9 Å². The van der Waals surface area contributed by atoms with E-state index in [2.05, 4.69) is 10.6 Å². The SMILES string of the molecule is COc1cc(N)ccc1NC(=O)C1(NC(=O)c2cccc(N)c2)C=CC=CC1. The van der Waals surface area contributed by atoms with E-state index in [1.165, 1.54) is 7.11 Å². The Morgan fingerprint density at radius 2 is 1.86 bits per heavy atom. The third kappa shape index (κ3) is 3.98. The first-order valence-corrected chi connectivity index (χ1v) is 8.71. The highest BCUT2D eigenvalue weighted by molar-refractivity contribution is 6.06. The van der Waals surface area contributed by atoms with E-state index in [0.29, 0.717) is 34.8 Å². The van der Waals surface area contributed by atoms with Crippen LogP contribution in [0.1, 0.15) is 16.8 Å². The summed E-state index contributed by atoms with van der Waals surface area (Å²) in [6.07, 6.45) is 7.33. The van der Waals surface area contributed by atoms with Gasteiger partial charge in [-0.2, -0.15) is 0 Å². The molecule has 7 nitrogen and oxygen atoms in total. The maximum atomic E-state index is 13.2. The number of carbonyl (C=O) groups excluding carboxylic acids is 2. The zero-order valence-corrected chi connectivity index (χ0v) is 15.4. The first kappa shape index (κ1) is 19.0. The minimum absolute atomic E-state index is 0.306. The molecule has 0 bridgehead atoms. The van der Waals surface area contributed by atoms with Crippen LogP contribution in [0.15, 0.2) is 66.8 Å². The maximum absolute atomic E-state index is 13.2. The second-order valence-corrected chi connectivity index (χ2v) is 6.46. The van der Waals surface area contributed by atoms with Crippen LogP contribution in [0.3, 0.4) is 0 Å². The van der Waals surface area contributed by atoms with Crippen LogP contribution in [0, 0.1) is 0 Å². The van der Waals surface area contributed by atoms with Crippen LogP contribution in [0.25, 0.3) is 0 Å². The number of benzene rings is 2. The first-order chi connectivity index (χ1) is 13.4. The molecule has 3 rings (SSSR count). The second kappa shape index (κ2) is 7.87. The molecule has 0 aromatic heterocycles. The molecule has 28 heavy (non-hydrogen) atoms. The summed E-state index contributed by atoms with van der Waals surface area (Å²) in [5.74, 6) is -0.360. The van der Waals surface area contributed by atoms with Crippen molar-refractivity contribution < 1.29 is 14.3 Å². The highest BCUT2D eigenvalue weighted by Gasteiger charge is 2.38. The molecule has 144 valence electrons. The number of amides is 2. The fourth-order valence-electron chi connectivity index (χ4n) is 2.94. The van der Waals surface area contributed by atoms with E-state index in [4.69, 9.17) is 16.2 Å². The van der Waals surface area contributed by atoms with Crippen molar-refractivity contribution in [2.24, 2.45) is 0 Å². The number of allylic oxidation sites excluding steroid dienone is 2. The predicted octanol–water partition coefficient (Wildman–Crippen LogP) is 2.48. The molecule has 1 atom stereocenters. The number of nitrogens with one attached hydrogen (secondary N) is 2. The Balaban J connectivity index is 1.87. The lowest BCUT2D eigenvalue weighted by Crippen LogP contribution is -2.55. The van der Waals surface area contributed by atoms with Crippen LogP contribution in [-0.4, -0.2) is 24.5 Å². The van der Waals surface area contributed by atoms with Gasteiger partial charge in [0.25, 0.3) is 11.8 Å². The lowest BCUT2D eigenvalue weighted by atomic mass is 9.89. The summed E-state index contributed by atoms with van der Waals surface area (Å²) in [5, 5.41) is 5.66. The van der Waals surface area contributed by atoms with Crippen LogP contribution in [0.5, 0.6) is 5.75 Å². The van der Waals surface area contributed by atoms with E-state index in [-0.39, 0.29) is 0 Å². The molecule has 2 aromatic carbocycles. The van der Waals surface area contributed by atoms with Crippen molar-refractivity contribution in [3.8, 4) is 5.75 Å². The summed E-state index contributed by atoms with van der Waals surface area (Å²) in [6, 6.07) is 11.5. The molecular formula is C21H22N4O3. The van der Waals surface area contributed by atoms with Gasteiger partial charge in [0.15, 0.2) is 0 Å². The van der Waals surface area contributed by atoms with Gasteiger partial charge in [0.05, 0.1) is 12.8 Å². The van der Waals surface area contributed by atoms with E-state index >= 15 is 0 Å². The van der Waals surface area contributed by atoms with E-state index in [0.717, 1.165) is 0 Å². The molecule has 2 amide bonds. The van der Waals surface area contributed by atoms with E-state index in [1.807, 2.05) is 12.2 Å². The Morgan fingerprint density at radius 1 is 1.07 bits per heavy atom. The average Bonchev–Trinajstić information content (AvgIpc) is 2.69. The van der Waals surface area contributed by atoms with Crippen molar-refractivity contribution in [1.82, 2.24) is 5.32 Å². The third-order valence-corrected chi connectivity index (χ3v) is 4.43. The van der Waals surface area contributed by atoms with Gasteiger partial charge in [-0.05, 0) is 36.4 Å². The Morgan fingerprint density at radius 3 is 2.54 bits per heavy atom. The van der Waals surface area contributed by atoms with Gasteiger partial charge in [-0.1, -0.05) is 24.3 Å². The van der Waals surface area contributed by atoms with E-state index < -0.39 is 17.4 Å². The molecule has 1 aliphatic rings. The van der Waals surface area contributed by atoms with Crippen molar-refractivity contribution in [2.45, 2.75) is 12.0 Å². The monoisotopic (exact) mass is 378 g/mol. The molecule has 1 aliphatic carbocycles. The fourth-order valence-corrected chi connectivity index (χ4v) is 2.94. The summed E-state index contributed by atoms with van der Waals surface area (Å²) < 4.78 is 5.28. The van der Waals surface area contributed by atoms with E-state index in [9.17, 15) is 9.59 Å². The number of carbonyl (C=O) groups is 2. The number of methoxy groups -OCH3 is 1. The number of nitrogen functional groups attached to an aromatic ring is 2. The largest absolute Gasteiger partial charge is 0.494 e. The van der Waals surface area contributed by atoms with E-state index in [1.54, 1.807) is 54.6 Å². The molecule has 0 saturated heterocycles. The zero-order chi connectivity index (χ0) is 20.1. The molecule has 2 aromatic rings. The third-order valence-electron chi connectivity index (χ3n) is 4.43. The summed E-state index contributed by atoms with van der Waals surface area (Å²) in [4.78, 5) is 25.9. The van der Waals surface area contributed by atoms with Crippen LogP contribution < -0.4 is 26.8 Å². The van der Waals surface area contributed by atoms with Crippen molar-refractivity contribution in [3.63, 3.8) is 0 Å². The molecule has 7 heteroatoms. The molecule has 0 fully saturated rings. The standard InChI is InChI=1S/C21H22N4O3/c1-28-18-13-16(23)8-9-17(18)24-20(27)21(10-3-2-4-11-21)25-19(26)14-6-5-7-15(22)12-14/h2-10,12-13H,11,22-23H2,1H3,(H,24,27)(H,25,26). The molecule has 0 saturated carbocycles. The van der Waals surface area contributed by atoms with Gasteiger partial charge in [0, 0.05) is 29.4 Å². The number of hydrogen-bond donors (Lipinski definition) is 4. The lowest BCUT2D eigenvalue weighted by molar-refractivity contribution is -0.120. The van der Waals surface area contributed by atoms with Crippen molar-refractivity contribution in [2.75, 3.05) is 23.9 Å². The fraction of sp³-hybridized carbons (Fsp3) is 0.143. The predicted molar refractivity (Wildman–Crippen MR) is 110 cm³/mol.